The highest BCUT2D eigenvalue weighted by Crippen LogP contribution is 2.22. The molecule has 0 spiro atoms. The fourth-order valence-electron chi connectivity index (χ4n) is 3.34. The Morgan fingerprint density at radius 1 is 1.23 bits per heavy atom. The number of carbonyl (C=O) groups is 1. The number of anilines is 1. The maximum atomic E-state index is 12.6. The van der Waals surface area contributed by atoms with E-state index in [1.807, 2.05) is 24.3 Å². The third kappa shape index (κ3) is 4.90. The van der Waals surface area contributed by atoms with Crippen molar-refractivity contribution in [3.05, 3.63) is 71.3 Å². The number of rotatable bonds is 6. The molecule has 6 nitrogen and oxygen atoms in total. The van der Waals surface area contributed by atoms with Crippen molar-refractivity contribution in [2.24, 2.45) is 4.99 Å². The highest BCUT2D eigenvalue weighted by Gasteiger charge is 2.19. The topological polar surface area (TPSA) is 72.0 Å². The van der Waals surface area contributed by atoms with Gasteiger partial charge in [0, 0.05) is 29.9 Å². The van der Waals surface area contributed by atoms with E-state index in [2.05, 4.69) is 20.4 Å². The third-order valence-corrected chi connectivity index (χ3v) is 4.85. The van der Waals surface area contributed by atoms with Crippen LogP contribution in [0.15, 0.2) is 65.2 Å². The van der Waals surface area contributed by atoms with Crippen molar-refractivity contribution < 1.29 is 23.0 Å². The van der Waals surface area contributed by atoms with Gasteiger partial charge in [-0.05, 0) is 35.9 Å². The zero-order valence-corrected chi connectivity index (χ0v) is 16.1. The number of halogens is 2. The number of benzene rings is 2. The summed E-state index contributed by atoms with van der Waals surface area (Å²) in [4.78, 5) is 16.9. The number of morpholine rings is 1. The molecule has 0 bridgehead atoms. The van der Waals surface area contributed by atoms with Gasteiger partial charge < -0.3 is 20.1 Å². The van der Waals surface area contributed by atoms with E-state index in [1.54, 1.807) is 18.2 Å². The van der Waals surface area contributed by atoms with Gasteiger partial charge in [-0.15, -0.1) is 0 Å². The fourth-order valence-corrected chi connectivity index (χ4v) is 3.34. The first-order valence-corrected chi connectivity index (χ1v) is 9.62. The molecule has 1 fully saturated rings. The number of allylic oxidation sites excluding steroid dienone is 1. The lowest BCUT2D eigenvalue weighted by Gasteiger charge is -2.24. The van der Waals surface area contributed by atoms with Gasteiger partial charge >= 0.3 is 6.61 Å². The second-order valence-corrected chi connectivity index (χ2v) is 6.92. The van der Waals surface area contributed by atoms with Crippen molar-refractivity contribution >= 4 is 17.3 Å². The first-order chi connectivity index (χ1) is 14.6. The molecule has 0 radical (unpaired) electrons. The number of alkyl halides is 2. The molecule has 2 aliphatic rings. The number of carbonyl (C=O) groups excluding carboxylic acids is 1. The summed E-state index contributed by atoms with van der Waals surface area (Å²) in [5, 5.41) is 6.15. The van der Waals surface area contributed by atoms with Crippen LogP contribution in [0.25, 0.3) is 0 Å². The van der Waals surface area contributed by atoms with E-state index in [0.29, 0.717) is 29.1 Å². The number of hydrogen-bond acceptors (Lipinski definition) is 5. The number of nitrogens with one attached hydrogen (secondary N) is 2. The average Bonchev–Trinajstić information content (AvgIpc) is 3.25. The van der Waals surface area contributed by atoms with E-state index in [1.165, 1.54) is 12.1 Å². The van der Waals surface area contributed by atoms with Gasteiger partial charge in [-0.1, -0.05) is 24.3 Å². The Morgan fingerprint density at radius 3 is 2.80 bits per heavy atom. The highest BCUT2D eigenvalue weighted by molar-refractivity contribution is 6.17. The monoisotopic (exact) mass is 413 g/mol. The predicted octanol–water partition coefficient (Wildman–Crippen LogP) is 3.32. The van der Waals surface area contributed by atoms with Crippen LogP contribution in [-0.4, -0.2) is 44.5 Å². The van der Waals surface area contributed by atoms with E-state index in [4.69, 9.17) is 4.74 Å². The molecule has 4 rings (SSSR count). The lowest BCUT2D eigenvalue weighted by atomic mass is 10.1. The molecular weight excluding hydrogens is 392 g/mol. The molecular formula is C22H21F2N3O3. The van der Waals surface area contributed by atoms with E-state index in [-0.39, 0.29) is 24.3 Å². The minimum Gasteiger partial charge on any atom is -0.435 e. The molecule has 30 heavy (non-hydrogen) atoms. The summed E-state index contributed by atoms with van der Waals surface area (Å²) in [5.74, 6) is -0.203. The number of aliphatic imine (C=N–C) groups is 1. The molecule has 1 amide bonds. The first kappa shape index (κ1) is 20.2. The Balaban J connectivity index is 1.39. The summed E-state index contributed by atoms with van der Waals surface area (Å²) in [6.45, 7) is -0.373. The number of hydrogen-bond donors (Lipinski definition) is 2. The van der Waals surface area contributed by atoms with Crippen LogP contribution in [0.2, 0.25) is 0 Å². The standard InChI is InChI=1S/C22H21F2N3O3/c23-22(24)30-18-3-1-2-15(10-18)19-11-16(12-26-19)21(28)27-17-6-4-14(5-7-17)20-13-25-8-9-29-20/h1-7,10-11,20,22,25H,8-9,12-13H2,(H,27,28)/t20-/m1/s1. The van der Waals surface area contributed by atoms with E-state index >= 15 is 0 Å². The highest BCUT2D eigenvalue weighted by atomic mass is 19.3. The summed E-state index contributed by atoms with van der Waals surface area (Å²) < 4.78 is 35.0. The van der Waals surface area contributed by atoms with Crippen molar-refractivity contribution in [1.29, 1.82) is 0 Å². The molecule has 156 valence electrons. The maximum Gasteiger partial charge on any atom is 0.387 e. The van der Waals surface area contributed by atoms with Gasteiger partial charge in [-0.25, -0.2) is 0 Å². The summed E-state index contributed by atoms with van der Waals surface area (Å²) in [6.07, 6.45) is 1.68. The largest absolute Gasteiger partial charge is 0.435 e. The van der Waals surface area contributed by atoms with E-state index in [0.717, 1.165) is 18.7 Å². The smallest absolute Gasteiger partial charge is 0.387 e. The Labute approximate surface area is 172 Å². The van der Waals surface area contributed by atoms with Crippen LogP contribution in [0.1, 0.15) is 17.2 Å². The van der Waals surface area contributed by atoms with Gasteiger partial charge in [-0.3, -0.25) is 9.79 Å². The molecule has 8 heteroatoms. The quantitative estimate of drug-likeness (QED) is 0.762. The molecule has 2 aliphatic heterocycles. The van der Waals surface area contributed by atoms with Gasteiger partial charge in [0.25, 0.3) is 5.91 Å². The minimum atomic E-state index is -2.89. The molecule has 0 aliphatic carbocycles. The molecule has 0 saturated carbocycles. The number of ether oxygens (including phenoxy) is 2. The van der Waals surface area contributed by atoms with Crippen molar-refractivity contribution in [3.63, 3.8) is 0 Å². The second-order valence-electron chi connectivity index (χ2n) is 6.92. The van der Waals surface area contributed by atoms with Crippen LogP contribution < -0.4 is 15.4 Å². The normalized spacial score (nSPS) is 18.7. The van der Waals surface area contributed by atoms with Gasteiger partial charge in [0.05, 0.1) is 25.0 Å². The molecule has 0 unspecified atom stereocenters. The molecule has 1 saturated heterocycles. The van der Waals surface area contributed by atoms with Gasteiger partial charge in [-0.2, -0.15) is 8.78 Å². The Hall–Kier alpha value is -3.10. The molecule has 1 atom stereocenters. The Bertz CT molecular complexity index is 968. The summed E-state index contributed by atoms with van der Waals surface area (Å²) >= 11 is 0. The van der Waals surface area contributed by atoms with Crippen LogP contribution in [-0.2, 0) is 9.53 Å². The van der Waals surface area contributed by atoms with Gasteiger partial charge in [0.15, 0.2) is 0 Å². The van der Waals surface area contributed by atoms with E-state index < -0.39 is 6.61 Å². The second kappa shape index (κ2) is 9.15. The SMILES string of the molecule is O=C(Nc1ccc([C@H]2CNCCO2)cc1)C1=CC(c2cccc(OC(F)F)c2)=NC1. The molecule has 2 aromatic carbocycles. The van der Waals surface area contributed by atoms with Gasteiger partial charge in [0.2, 0.25) is 0 Å². The Morgan fingerprint density at radius 2 is 2.07 bits per heavy atom. The zero-order valence-electron chi connectivity index (χ0n) is 16.1. The lowest BCUT2D eigenvalue weighted by molar-refractivity contribution is -0.112. The van der Waals surface area contributed by atoms with Crippen LogP contribution in [0.4, 0.5) is 14.5 Å². The van der Waals surface area contributed by atoms with Crippen molar-refractivity contribution in [2.45, 2.75) is 12.7 Å². The van der Waals surface area contributed by atoms with Crippen molar-refractivity contribution in [3.8, 4) is 5.75 Å². The van der Waals surface area contributed by atoms with Crippen LogP contribution in [0.3, 0.4) is 0 Å². The summed E-state index contributed by atoms with van der Waals surface area (Å²) in [5.41, 5.74) is 3.39. The van der Waals surface area contributed by atoms with Gasteiger partial charge in [0.1, 0.15) is 5.75 Å². The third-order valence-electron chi connectivity index (χ3n) is 4.85. The van der Waals surface area contributed by atoms with Crippen LogP contribution in [0.5, 0.6) is 5.75 Å². The fraction of sp³-hybridized carbons (Fsp3) is 0.273. The summed E-state index contributed by atoms with van der Waals surface area (Å²) in [6, 6.07) is 13.8. The number of nitrogens with zero attached hydrogens (tertiary/aromatic N) is 1. The molecule has 0 aromatic heterocycles. The summed E-state index contributed by atoms with van der Waals surface area (Å²) in [7, 11) is 0. The Kier molecular flexibility index (Phi) is 6.15. The number of amides is 1. The van der Waals surface area contributed by atoms with E-state index in [9.17, 15) is 13.6 Å². The average molecular weight is 413 g/mol. The van der Waals surface area contributed by atoms with Crippen molar-refractivity contribution in [2.75, 3.05) is 31.6 Å². The minimum absolute atomic E-state index is 0.0156. The molecule has 2 N–H and O–H groups in total. The van der Waals surface area contributed by atoms with Crippen LogP contribution >= 0.6 is 0 Å². The molecule has 2 aromatic rings. The predicted molar refractivity (Wildman–Crippen MR) is 109 cm³/mol. The first-order valence-electron chi connectivity index (χ1n) is 9.62. The van der Waals surface area contributed by atoms with Crippen molar-refractivity contribution in [1.82, 2.24) is 5.32 Å². The lowest BCUT2D eigenvalue weighted by Crippen LogP contribution is -2.33. The zero-order chi connectivity index (χ0) is 20.9. The maximum absolute atomic E-state index is 12.6. The van der Waals surface area contributed by atoms with Crippen LogP contribution in [0, 0.1) is 0 Å². The molecule has 2 heterocycles.